The van der Waals surface area contributed by atoms with Crippen molar-refractivity contribution in [2.75, 3.05) is 12.4 Å². The third-order valence-electron chi connectivity index (χ3n) is 2.55. The number of anilines is 1. The lowest BCUT2D eigenvalue weighted by Gasteiger charge is -2.16. The first-order valence-corrected chi connectivity index (χ1v) is 6.49. The number of nitrogens with zero attached hydrogens (tertiary/aromatic N) is 4. The summed E-state index contributed by atoms with van der Waals surface area (Å²) >= 11 is 5.30. The molecule has 0 amide bonds. The second-order valence-corrected chi connectivity index (χ2v) is 4.48. The first kappa shape index (κ1) is 14.1. The number of hydrogen-bond acceptors (Lipinski definition) is 4. The molecule has 5 nitrogen and oxygen atoms in total. The molecule has 0 aliphatic carbocycles. The topological polar surface area (TPSA) is 53.4 Å². The fourth-order valence-electron chi connectivity index (χ4n) is 1.53. The molecular formula is C14H15N5S. The zero-order chi connectivity index (χ0) is 14.4. The van der Waals surface area contributed by atoms with Gasteiger partial charge in [-0.2, -0.15) is 5.10 Å². The van der Waals surface area contributed by atoms with Crippen molar-refractivity contribution in [2.45, 2.75) is 6.92 Å². The molecule has 0 atom stereocenters. The number of rotatable bonds is 3. The number of benzene rings is 1. The highest BCUT2D eigenvalue weighted by atomic mass is 32.1. The van der Waals surface area contributed by atoms with Gasteiger partial charge in [-0.3, -0.25) is 9.97 Å². The fraction of sp³-hybridized carbons (Fsp3) is 0.143. The highest BCUT2D eigenvalue weighted by molar-refractivity contribution is 7.80. The number of thiocarbonyl (C=S) groups is 1. The van der Waals surface area contributed by atoms with Crippen LogP contribution in [0.25, 0.3) is 0 Å². The van der Waals surface area contributed by atoms with Crippen LogP contribution in [0.5, 0.6) is 0 Å². The maximum absolute atomic E-state index is 5.30. The van der Waals surface area contributed by atoms with Gasteiger partial charge in [0.25, 0.3) is 0 Å². The van der Waals surface area contributed by atoms with Gasteiger partial charge in [0.1, 0.15) is 5.69 Å². The maximum Gasteiger partial charge on any atom is 0.193 e. The van der Waals surface area contributed by atoms with E-state index in [2.05, 4.69) is 20.4 Å². The average Bonchev–Trinajstić information content (AvgIpc) is 2.49. The molecule has 1 heterocycles. The standard InChI is InChI=1S/C14H15N5S/c1-11(13-10-15-8-9-16-13)18-19(2)14(20)17-12-6-4-3-5-7-12/h3-10H,1-2H3,(H,17,20)/b18-11-. The molecule has 0 bridgehead atoms. The molecule has 102 valence electrons. The smallest absolute Gasteiger partial charge is 0.193 e. The largest absolute Gasteiger partial charge is 0.331 e. The van der Waals surface area contributed by atoms with Crippen LogP contribution in [0, 0.1) is 0 Å². The number of aromatic nitrogens is 2. The van der Waals surface area contributed by atoms with Gasteiger partial charge in [0.15, 0.2) is 5.11 Å². The lowest BCUT2D eigenvalue weighted by Crippen LogP contribution is -2.27. The van der Waals surface area contributed by atoms with Crippen LogP contribution >= 0.6 is 12.2 Å². The summed E-state index contributed by atoms with van der Waals surface area (Å²) in [5, 5.41) is 9.62. The normalized spacial score (nSPS) is 11.0. The molecule has 0 aliphatic heterocycles. The quantitative estimate of drug-likeness (QED) is 0.533. The molecular weight excluding hydrogens is 270 g/mol. The zero-order valence-electron chi connectivity index (χ0n) is 11.3. The van der Waals surface area contributed by atoms with E-state index >= 15 is 0 Å². The Morgan fingerprint density at radius 3 is 2.65 bits per heavy atom. The van der Waals surface area contributed by atoms with Crippen LogP contribution in [-0.2, 0) is 0 Å². The molecule has 1 aromatic carbocycles. The summed E-state index contributed by atoms with van der Waals surface area (Å²) in [6.07, 6.45) is 4.93. The molecule has 1 aromatic heterocycles. The van der Waals surface area contributed by atoms with Crippen LogP contribution in [0.1, 0.15) is 12.6 Å². The zero-order valence-corrected chi connectivity index (χ0v) is 12.1. The van der Waals surface area contributed by atoms with Gasteiger partial charge in [0.05, 0.1) is 11.9 Å². The minimum atomic E-state index is 0.513. The summed E-state index contributed by atoms with van der Waals surface area (Å²) < 4.78 is 0. The van der Waals surface area contributed by atoms with E-state index in [1.807, 2.05) is 37.3 Å². The van der Waals surface area contributed by atoms with E-state index in [1.165, 1.54) is 0 Å². The van der Waals surface area contributed by atoms with E-state index in [0.717, 1.165) is 17.1 Å². The van der Waals surface area contributed by atoms with Crippen LogP contribution in [0.4, 0.5) is 5.69 Å². The molecule has 0 saturated heterocycles. The van der Waals surface area contributed by atoms with Crippen molar-refractivity contribution in [1.29, 1.82) is 0 Å². The highest BCUT2D eigenvalue weighted by Crippen LogP contribution is 2.06. The summed E-state index contributed by atoms with van der Waals surface area (Å²) in [5.74, 6) is 0. The van der Waals surface area contributed by atoms with Crippen molar-refractivity contribution < 1.29 is 0 Å². The summed E-state index contributed by atoms with van der Waals surface area (Å²) in [7, 11) is 1.79. The SMILES string of the molecule is C/C(=N/N(C)C(=S)Nc1ccccc1)c1cnccn1. The van der Waals surface area contributed by atoms with E-state index in [9.17, 15) is 0 Å². The second kappa shape index (κ2) is 6.72. The molecule has 0 saturated carbocycles. The van der Waals surface area contributed by atoms with Gasteiger partial charge >= 0.3 is 0 Å². The molecule has 0 spiro atoms. The Kier molecular flexibility index (Phi) is 4.73. The number of nitrogens with one attached hydrogen (secondary N) is 1. The van der Waals surface area contributed by atoms with Crippen molar-refractivity contribution in [3.05, 3.63) is 54.6 Å². The van der Waals surface area contributed by atoms with Crippen LogP contribution in [0.3, 0.4) is 0 Å². The second-order valence-electron chi connectivity index (χ2n) is 4.10. The molecule has 0 aliphatic rings. The van der Waals surface area contributed by atoms with Gasteiger partial charge in [-0.15, -0.1) is 0 Å². The monoisotopic (exact) mass is 285 g/mol. The Morgan fingerprint density at radius 1 is 1.25 bits per heavy atom. The minimum absolute atomic E-state index is 0.513. The average molecular weight is 285 g/mol. The van der Waals surface area contributed by atoms with Gasteiger partial charge in [-0.1, -0.05) is 18.2 Å². The van der Waals surface area contributed by atoms with Crippen molar-refractivity contribution in [3.63, 3.8) is 0 Å². The molecule has 0 fully saturated rings. The van der Waals surface area contributed by atoms with Gasteiger partial charge in [0, 0.05) is 25.1 Å². The van der Waals surface area contributed by atoms with Crippen molar-refractivity contribution in [1.82, 2.24) is 15.0 Å². The molecule has 0 unspecified atom stereocenters. The summed E-state index contributed by atoms with van der Waals surface area (Å²) in [5.41, 5.74) is 2.40. The van der Waals surface area contributed by atoms with Gasteiger partial charge in [-0.25, -0.2) is 5.01 Å². The predicted molar refractivity (Wildman–Crippen MR) is 84.7 cm³/mol. The van der Waals surface area contributed by atoms with E-state index < -0.39 is 0 Å². The van der Waals surface area contributed by atoms with Crippen LogP contribution < -0.4 is 5.32 Å². The number of hydrazone groups is 1. The van der Waals surface area contributed by atoms with E-state index in [1.54, 1.807) is 30.6 Å². The van der Waals surface area contributed by atoms with Crippen molar-refractivity contribution >= 4 is 28.7 Å². The Bertz CT molecular complexity index is 597. The lowest BCUT2D eigenvalue weighted by atomic mass is 10.3. The molecule has 0 radical (unpaired) electrons. The molecule has 1 N–H and O–H groups in total. The summed E-state index contributed by atoms with van der Waals surface area (Å²) in [6, 6.07) is 9.73. The Hall–Kier alpha value is -2.34. The third kappa shape index (κ3) is 3.83. The van der Waals surface area contributed by atoms with Crippen molar-refractivity contribution in [2.24, 2.45) is 5.10 Å². The Balaban J connectivity index is 2.04. The molecule has 2 rings (SSSR count). The molecule has 6 heteroatoms. The van der Waals surface area contributed by atoms with Crippen molar-refractivity contribution in [3.8, 4) is 0 Å². The Morgan fingerprint density at radius 2 is 2.00 bits per heavy atom. The van der Waals surface area contributed by atoms with E-state index in [-0.39, 0.29) is 0 Å². The number of para-hydroxylation sites is 1. The lowest BCUT2D eigenvalue weighted by molar-refractivity contribution is 0.553. The molecule has 2 aromatic rings. The summed E-state index contributed by atoms with van der Waals surface area (Å²) in [4.78, 5) is 8.21. The van der Waals surface area contributed by atoms with Gasteiger partial charge < -0.3 is 5.32 Å². The third-order valence-corrected chi connectivity index (χ3v) is 2.92. The number of hydrogen-bond donors (Lipinski definition) is 1. The van der Waals surface area contributed by atoms with Crippen LogP contribution in [0.15, 0.2) is 54.0 Å². The minimum Gasteiger partial charge on any atom is -0.331 e. The highest BCUT2D eigenvalue weighted by Gasteiger charge is 2.05. The fourth-order valence-corrected chi connectivity index (χ4v) is 1.69. The Labute approximate surface area is 123 Å². The predicted octanol–water partition coefficient (Wildman–Crippen LogP) is 2.53. The van der Waals surface area contributed by atoms with Crippen LogP contribution in [-0.4, -0.2) is 32.8 Å². The van der Waals surface area contributed by atoms with Gasteiger partial charge in [0.2, 0.25) is 0 Å². The first-order valence-electron chi connectivity index (χ1n) is 6.08. The van der Waals surface area contributed by atoms with Gasteiger partial charge in [-0.05, 0) is 31.3 Å². The maximum atomic E-state index is 5.30. The van der Waals surface area contributed by atoms with E-state index in [4.69, 9.17) is 12.2 Å². The van der Waals surface area contributed by atoms with Crippen LogP contribution in [0.2, 0.25) is 0 Å². The first-order chi connectivity index (χ1) is 9.66. The summed E-state index contributed by atoms with van der Waals surface area (Å²) in [6.45, 7) is 1.87. The molecule has 20 heavy (non-hydrogen) atoms. The van der Waals surface area contributed by atoms with E-state index in [0.29, 0.717) is 5.11 Å².